The van der Waals surface area contributed by atoms with Gasteiger partial charge >= 0.3 is 11.9 Å². The summed E-state index contributed by atoms with van der Waals surface area (Å²) in [4.78, 5) is 21.9. The van der Waals surface area contributed by atoms with Crippen LogP contribution in [0.15, 0.2) is 24.3 Å². The van der Waals surface area contributed by atoms with Crippen LogP contribution < -0.4 is 0 Å². The molecule has 0 radical (unpaired) electrons. The van der Waals surface area contributed by atoms with Gasteiger partial charge in [0.15, 0.2) is 0 Å². The zero-order valence-corrected chi connectivity index (χ0v) is 11.8. The second kappa shape index (κ2) is 13.0. The highest BCUT2D eigenvalue weighted by atomic mass is 16.5. The van der Waals surface area contributed by atoms with Crippen LogP contribution in [-0.2, 0) is 19.1 Å². The third-order valence-electron chi connectivity index (χ3n) is 1.79. The molecule has 0 heterocycles. The van der Waals surface area contributed by atoms with E-state index in [1.807, 2.05) is 0 Å². The summed E-state index contributed by atoms with van der Waals surface area (Å²) < 4.78 is 9.47. The van der Waals surface area contributed by atoms with Crippen LogP contribution in [0.5, 0.6) is 0 Å². The van der Waals surface area contributed by atoms with Crippen molar-refractivity contribution in [1.82, 2.24) is 0 Å². The SMILES string of the molecule is CCOC(=O)C/C=C/C#CC#C/C=C/CC(=O)OCC. The zero-order chi connectivity index (χ0) is 15.1. The number of rotatable bonds is 6. The van der Waals surface area contributed by atoms with E-state index >= 15 is 0 Å². The lowest BCUT2D eigenvalue weighted by atomic mass is 10.3. The van der Waals surface area contributed by atoms with Gasteiger partial charge in [0.05, 0.1) is 26.1 Å². The minimum atomic E-state index is -0.279. The Hall–Kier alpha value is -2.46. The van der Waals surface area contributed by atoms with E-state index in [4.69, 9.17) is 9.47 Å². The van der Waals surface area contributed by atoms with E-state index in [-0.39, 0.29) is 24.8 Å². The molecule has 4 nitrogen and oxygen atoms in total. The molecule has 0 atom stereocenters. The minimum absolute atomic E-state index is 0.204. The Kier molecular flexibility index (Phi) is 11.4. The maximum Gasteiger partial charge on any atom is 0.309 e. The minimum Gasteiger partial charge on any atom is -0.466 e. The van der Waals surface area contributed by atoms with E-state index in [0.717, 1.165) is 0 Å². The molecule has 0 unspecified atom stereocenters. The standard InChI is InChI=1S/C16H18O4/c1-3-19-15(17)13-11-9-7-5-6-8-10-12-14-16(18)20-4-2/h9-12H,3-4,13-14H2,1-2H3/b11-9+,12-10+. The number of esters is 2. The summed E-state index contributed by atoms with van der Waals surface area (Å²) in [6.45, 7) is 4.27. The Bertz CT molecular complexity index is 432. The second-order valence-electron chi connectivity index (χ2n) is 3.36. The molecule has 0 aliphatic carbocycles. The predicted octanol–water partition coefficient (Wildman–Crippen LogP) is 2.01. The van der Waals surface area contributed by atoms with Crippen LogP contribution in [0.1, 0.15) is 26.7 Å². The van der Waals surface area contributed by atoms with Gasteiger partial charge < -0.3 is 9.47 Å². The first kappa shape index (κ1) is 17.5. The maximum atomic E-state index is 11.0. The third kappa shape index (κ3) is 12.0. The molecular formula is C16H18O4. The van der Waals surface area contributed by atoms with Gasteiger partial charge in [-0.2, -0.15) is 0 Å². The van der Waals surface area contributed by atoms with Gasteiger partial charge in [0, 0.05) is 0 Å². The number of hydrogen-bond acceptors (Lipinski definition) is 4. The summed E-state index contributed by atoms with van der Waals surface area (Å²) in [5, 5.41) is 0. The number of carbonyl (C=O) groups excluding carboxylic acids is 2. The molecule has 0 aliphatic heterocycles. The molecule has 0 N–H and O–H groups in total. The molecule has 0 aromatic rings. The van der Waals surface area contributed by atoms with Gasteiger partial charge in [0.1, 0.15) is 0 Å². The fourth-order valence-corrected chi connectivity index (χ4v) is 1.02. The van der Waals surface area contributed by atoms with Crippen molar-refractivity contribution >= 4 is 11.9 Å². The molecule has 0 aliphatic rings. The van der Waals surface area contributed by atoms with Crippen LogP contribution in [0.25, 0.3) is 0 Å². The van der Waals surface area contributed by atoms with Crippen molar-refractivity contribution in [2.45, 2.75) is 26.7 Å². The fraction of sp³-hybridized carbons (Fsp3) is 0.375. The predicted molar refractivity (Wildman–Crippen MR) is 76.3 cm³/mol. The van der Waals surface area contributed by atoms with Crippen LogP contribution in [0.2, 0.25) is 0 Å². The Morgan fingerprint density at radius 1 is 0.850 bits per heavy atom. The molecule has 4 heteroatoms. The van der Waals surface area contributed by atoms with Gasteiger partial charge in [-0.3, -0.25) is 9.59 Å². The largest absolute Gasteiger partial charge is 0.466 e. The van der Waals surface area contributed by atoms with Crippen molar-refractivity contribution in [3.63, 3.8) is 0 Å². The van der Waals surface area contributed by atoms with Crippen molar-refractivity contribution in [3.8, 4) is 23.7 Å². The summed E-state index contributed by atoms with van der Waals surface area (Å²) in [6.07, 6.45) is 6.74. The quantitative estimate of drug-likeness (QED) is 0.549. The van der Waals surface area contributed by atoms with Crippen LogP contribution in [-0.4, -0.2) is 25.2 Å². The molecule has 0 aromatic carbocycles. The first-order valence-electron chi connectivity index (χ1n) is 6.33. The third-order valence-corrected chi connectivity index (χ3v) is 1.79. The van der Waals surface area contributed by atoms with Crippen molar-refractivity contribution in [2.24, 2.45) is 0 Å². The topological polar surface area (TPSA) is 52.6 Å². The smallest absolute Gasteiger partial charge is 0.309 e. The normalized spacial score (nSPS) is 9.50. The van der Waals surface area contributed by atoms with Gasteiger partial charge in [-0.1, -0.05) is 24.0 Å². The van der Waals surface area contributed by atoms with Gasteiger partial charge in [0.25, 0.3) is 0 Å². The Labute approximate surface area is 119 Å². The molecule has 0 bridgehead atoms. The average molecular weight is 274 g/mol. The number of carbonyl (C=O) groups is 2. The number of ether oxygens (including phenoxy) is 2. The van der Waals surface area contributed by atoms with Crippen LogP contribution >= 0.6 is 0 Å². The molecule has 0 rings (SSSR count). The molecule has 20 heavy (non-hydrogen) atoms. The first-order chi connectivity index (χ1) is 9.70. The molecule has 0 fully saturated rings. The number of allylic oxidation sites excluding steroid dienone is 2. The Morgan fingerprint density at radius 2 is 1.25 bits per heavy atom. The molecule has 0 spiro atoms. The van der Waals surface area contributed by atoms with Crippen LogP contribution in [0.4, 0.5) is 0 Å². The van der Waals surface area contributed by atoms with E-state index in [1.165, 1.54) is 0 Å². The zero-order valence-electron chi connectivity index (χ0n) is 11.8. The lowest BCUT2D eigenvalue weighted by Crippen LogP contribution is -2.01. The lowest BCUT2D eigenvalue weighted by molar-refractivity contribution is -0.143. The van der Waals surface area contributed by atoms with Crippen LogP contribution in [0.3, 0.4) is 0 Å². The Morgan fingerprint density at radius 3 is 1.60 bits per heavy atom. The maximum absolute atomic E-state index is 11.0. The van der Waals surface area contributed by atoms with E-state index < -0.39 is 0 Å². The van der Waals surface area contributed by atoms with E-state index in [0.29, 0.717) is 13.2 Å². The second-order valence-corrected chi connectivity index (χ2v) is 3.36. The van der Waals surface area contributed by atoms with Gasteiger partial charge in [0.2, 0.25) is 0 Å². The van der Waals surface area contributed by atoms with E-state index in [1.54, 1.807) is 38.2 Å². The summed E-state index contributed by atoms with van der Waals surface area (Å²) >= 11 is 0. The summed E-state index contributed by atoms with van der Waals surface area (Å²) in [5.74, 6) is 9.95. The summed E-state index contributed by atoms with van der Waals surface area (Å²) in [7, 11) is 0. The van der Waals surface area contributed by atoms with Crippen LogP contribution in [0, 0.1) is 23.7 Å². The Balaban J connectivity index is 3.89. The average Bonchev–Trinajstić information content (AvgIpc) is 2.41. The highest BCUT2D eigenvalue weighted by molar-refractivity contribution is 5.71. The van der Waals surface area contributed by atoms with E-state index in [2.05, 4.69) is 23.7 Å². The van der Waals surface area contributed by atoms with Crippen molar-refractivity contribution in [3.05, 3.63) is 24.3 Å². The lowest BCUT2D eigenvalue weighted by Gasteiger charge is -1.95. The van der Waals surface area contributed by atoms with Crippen molar-refractivity contribution in [1.29, 1.82) is 0 Å². The molecular weight excluding hydrogens is 256 g/mol. The number of hydrogen-bond donors (Lipinski definition) is 0. The summed E-state index contributed by atoms with van der Waals surface area (Å²) in [6, 6.07) is 0. The van der Waals surface area contributed by atoms with Crippen molar-refractivity contribution < 1.29 is 19.1 Å². The molecule has 0 amide bonds. The highest BCUT2D eigenvalue weighted by Crippen LogP contribution is 1.88. The molecule has 0 aromatic heterocycles. The monoisotopic (exact) mass is 274 g/mol. The van der Waals surface area contributed by atoms with E-state index in [9.17, 15) is 9.59 Å². The van der Waals surface area contributed by atoms with Gasteiger partial charge in [-0.05, 0) is 37.8 Å². The highest BCUT2D eigenvalue weighted by Gasteiger charge is 1.95. The molecule has 106 valence electrons. The molecule has 0 saturated carbocycles. The first-order valence-corrected chi connectivity index (χ1v) is 6.33. The summed E-state index contributed by atoms with van der Waals surface area (Å²) in [5.41, 5.74) is 0. The fourth-order valence-electron chi connectivity index (χ4n) is 1.02. The van der Waals surface area contributed by atoms with Gasteiger partial charge in [-0.15, -0.1) is 0 Å². The van der Waals surface area contributed by atoms with Gasteiger partial charge in [-0.25, -0.2) is 0 Å². The van der Waals surface area contributed by atoms with Crippen molar-refractivity contribution in [2.75, 3.05) is 13.2 Å². The molecule has 0 saturated heterocycles.